The van der Waals surface area contributed by atoms with Crippen molar-refractivity contribution in [2.45, 2.75) is 57.0 Å². The predicted octanol–water partition coefficient (Wildman–Crippen LogP) is -3.78. The third-order valence-electron chi connectivity index (χ3n) is 3.77. The summed E-state index contributed by atoms with van der Waals surface area (Å²) in [4.78, 5) is 56.0. The van der Waals surface area contributed by atoms with Crippen LogP contribution in [0.4, 0.5) is 0 Å². The monoisotopic (exact) mass is 386 g/mol. The van der Waals surface area contributed by atoms with Crippen LogP contribution in [-0.4, -0.2) is 30.2 Å². The van der Waals surface area contributed by atoms with Crippen LogP contribution in [0.1, 0.15) is 39.5 Å². The molecule has 0 aliphatic carbocycles. The average molecular weight is 386 g/mol. The molecule has 0 spiro atoms. The molecule has 0 saturated carbocycles. The highest BCUT2D eigenvalue weighted by molar-refractivity contribution is 7.49. The average Bonchev–Trinajstić information content (AvgIpc) is 2.39. The highest BCUT2D eigenvalue weighted by Crippen LogP contribution is 2.43. The highest BCUT2D eigenvalue weighted by atomic mass is 31.2. The lowest BCUT2D eigenvalue weighted by molar-refractivity contribution is -0.436. The van der Waals surface area contributed by atoms with E-state index in [1.807, 2.05) is 0 Å². The van der Waals surface area contributed by atoms with Crippen LogP contribution in [0.15, 0.2) is 0 Å². The first kappa shape index (κ1) is 23.7. The SMILES string of the molecule is CCC(CC(CC(CC(C)OC[O-])P(=O)([O-])[O-])C(=O)[O-])P(=O)([O-])[O-]. The Labute approximate surface area is 140 Å². The zero-order valence-electron chi connectivity index (χ0n) is 13.3. The van der Waals surface area contributed by atoms with Gasteiger partial charge in [-0.1, -0.05) is 22.1 Å². The van der Waals surface area contributed by atoms with E-state index >= 15 is 0 Å². The summed E-state index contributed by atoms with van der Waals surface area (Å²) in [6.07, 6.45) is -2.83. The van der Waals surface area contributed by atoms with Gasteiger partial charge in [-0.25, -0.2) is 0 Å². The summed E-state index contributed by atoms with van der Waals surface area (Å²) in [5.41, 5.74) is -3.19. The molecule has 0 amide bonds. The first-order valence-corrected chi connectivity index (χ1v) is 10.5. The fourth-order valence-corrected chi connectivity index (χ4v) is 4.41. The quantitative estimate of drug-likeness (QED) is 0.237. The van der Waals surface area contributed by atoms with Gasteiger partial charge in [-0.15, -0.1) is 0 Å². The Morgan fingerprint density at radius 2 is 1.46 bits per heavy atom. The number of aliphatic carboxylic acids is 1. The topological polar surface area (TPSA) is 199 Å². The maximum absolute atomic E-state index is 11.3. The number of ether oxygens (including phenoxy) is 1. The van der Waals surface area contributed by atoms with E-state index in [0.29, 0.717) is 0 Å². The van der Waals surface area contributed by atoms with Crippen molar-refractivity contribution in [2.75, 3.05) is 6.79 Å². The van der Waals surface area contributed by atoms with Gasteiger partial charge in [0.1, 0.15) is 0 Å². The predicted molar refractivity (Wildman–Crippen MR) is 70.8 cm³/mol. The second kappa shape index (κ2) is 9.99. The summed E-state index contributed by atoms with van der Waals surface area (Å²) in [7, 11) is -10.3. The fourth-order valence-electron chi connectivity index (χ4n) is 2.39. The third kappa shape index (κ3) is 8.69. The molecule has 0 saturated heterocycles. The molecule has 24 heavy (non-hydrogen) atoms. The van der Waals surface area contributed by atoms with E-state index in [2.05, 4.69) is 4.74 Å². The van der Waals surface area contributed by atoms with Crippen molar-refractivity contribution >= 4 is 21.2 Å². The molecule has 0 aliphatic heterocycles. The second-order valence-electron chi connectivity index (χ2n) is 5.61. The minimum Gasteiger partial charge on any atom is -0.834 e. The molecular formula is C12H20O10P2-6. The van der Waals surface area contributed by atoms with Crippen molar-refractivity contribution in [1.82, 2.24) is 0 Å². The smallest absolute Gasteiger partial charge is 0.0535 e. The van der Waals surface area contributed by atoms with Crippen LogP contribution < -0.4 is 29.8 Å². The van der Waals surface area contributed by atoms with Crippen LogP contribution in [0.3, 0.4) is 0 Å². The Bertz CT molecular complexity index is 484. The van der Waals surface area contributed by atoms with E-state index in [0.717, 1.165) is 0 Å². The van der Waals surface area contributed by atoms with E-state index < -0.39 is 70.6 Å². The van der Waals surface area contributed by atoms with Crippen molar-refractivity contribution in [3.63, 3.8) is 0 Å². The van der Waals surface area contributed by atoms with Gasteiger partial charge in [-0.05, 0) is 56.6 Å². The molecular weight excluding hydrogens is 366 g/mol. The molecule has 0 aromatic rings. The lowest BCUT2D eigenvalue weighted by Gasteiger charge is -2.43. The van der Waals surface area contributed by atoms with E-state index in [-0.39, 0.29) is 6.42 Å². The molecule has 0 aromatic carbocycles. The molecule has 4 unspecified atom stereocenters. The standard InChI is InChI=1S/C12H25O10P2/c1-3-10(23(16,17)18)5-9(12(14)15)6-11(24(19,20)21)4-8(2)22-7-13/h8-11H,3-7H2,1-2H3,(H,14,15)(H2,16,17,18)(H2,19,20,21)/q-1/p-5. The van der Waals surface area contributed by atoms with Crippen molar-refractivity contribution in [3.8, 4) is 0 Å². The summed E-state index contributed by atoms with van der Waals surface area (Å²) in [5.74, 6) is -3.36. The van der Waals surface area contributed by atoms with E-state index in [9.17, 15) is 43.7 Å². The number of hydrogen-bond acceptors (Lipinski definition) is 10. The molecule has 12 heteroatoms. The van der Waals surface area contributed by atoms with Gasteiger partial charge in [0.05, 0.1) is 6.10 Å². The number of carboxylic acid groups (broad SMARTS) is 1. The van der Waals surface area contributed by atoms with Gasteiger partial charge < -0.3 is 48.4 Å². The molecule has 0 heterocycles. The maximum atomic E-state index is 11.3. The van der Waals surface area contributed by atoms with Crippen molar-refractivity contribution in [3.05, 3.63) is 0 Å². The fraction of sp³-hybridized carbons (Fsp3) is 0.917. The van der Waals surface area contributed by atoms with E-state index in [4.69, 9.17) is 0 Å². The van der Waals surface area contributed by atoms with Gasteiger partial charge in [0, 0.05) is 5.97 Å². The Morgan fingerprint density at radius 3 is 1.79 bits per heavy atom. The minimum absolute atomic E-state index is 0.152. The first-order valence-electron chi connectivity index (χ1n) is 7.26. The zero-order chi connectivity index (χ0) is 19.1. The minimum atomic E-state index is -5.24. The third-order valence-corrected chi connectivity index (χ3v) is 6.56. The number of hydrogen-bond donors (Lipinski definition) is 0. The van der Waals surface area contributed by atoms with Crippen LogP contribution in [0.2, 0.25) is 0 Å². The summed E-state index contributed by atoms with van der Waals surface area (Å²) < 4.78 is 27.0. The van der Waals surface area contributed by atoms with Gasteiger partial charge in [-0.2, -0.15) is 0 Å². The molecule has 0 radical (unpaired) electrons. The van der Waals surface area contributed by atoms with Crippen molar-refractivity contribution < 1.29 is 48.4 Å². The van der Waals surface area contributed by atoms with Gasteiger partial charge in [0.25, 0.3) is 0 Å². The van der Waals surface area contributed by atoms with Gasteiger partial charge in [0.2, 0.25) is 0 Å². The Kier molecular flexibility index (Phi) is 9.86. The van der Waals surface area contributed by atoms with Gasteiger partial charge in [-0.3, -0.25) is 0 Å². The van der Waals surface area contributed by atoms with Crippen LogP contribution in [0.5, 0.6) is 0 Å². The molecule has 0 bridgehead atoms. The Balaban J connectivity index is 5.24. The normalized spacial score (nSPS) is 18.0. The summed E-state index contributed by atoms with van der Waals surface area (Å²) in [6, 6.07) is 0. The Morgan fingerprint density at radius 1 is 1.00 bits per heavy atom. The molecule has 0 fully saturated rings. The van der Waals surface area contributed by atoms with Crippen molar-refractivity contribution in [1.29, 1.82) is 0 Å². The zero-order valence-corrected chi connectivity index (χ0v) is 15.1. The molecule has 144 valence electrons. The number of carboxylic acids is 1. The molecule has 4 atom stereocenters. The number of carbonyl (C=O) groups excluding carboxylic acids is 1. The summed E-state index contributed by atoms with van der Waals surface area (Å²) in [6.45, 7) is 1.74. The first-order chi connectivity index (χ1) is 10.8. The van der Waals surface area contributed by atoms with Crippen LogP contribution in [0, 0.1) is 5.92 Å². The summed E-state index contributed by atoms with van der Waals surface area (Å²) in [5, 5.41) is 21.5. The number of carbonyl (C=O) groups is 1. The second-order valence-corrected chi connectivity index (χ2v) is 9.23. The molecule has 0 aliphatic rings. The highest BCUT2D eigenvalue weighted by Gasteiger charge is 2.25. The molecule has 10 nitrogen and oxygen atoms in total. The van der Waals surface area contributed by atoms with Crippen LogP contribution >= 0.6 is 15.2 Å². The molecule has 0 rings (SSSR count). The van der Waals surface area contributed by atoms with Gasteiger partial charge >= 0.3 is 0 Å². The van der Waals surface area contributed by atoms with Crippen LogP contribution in [0.25, 0.3) is 0 Å². The maximum Gasteiger partial charge on any atom is 0.0535 e. The van der Waals surface area contributed by atoms with E-state index in [1.54, 1.807) is 0 Å². The van der Waals surface area contributed by atoms with Gasteiger partial charge in [0.15, 0.2) is 0 Å². The molecule has 0 aromatic heterocycles. The molecule has 0 N–H and O–H groups in total. The van der Waals surface area contributed by atoms with Crippen LogP contribution in [-0.2, 0) is 18.7 Å². The van der Waals surface area contributed by atoms with E-state index in [1.165, 1.54) is 13.8 Å². The van der Waals surface area contributed by atoms with Crippen molar-refractivity contribution in [2.24, 2.45) is 5.92 Å². The largest absolute Gasteiger partial charge is 0.834 e. The lowest BCUT2D eigenvalue weighted by atomic mass is 9.94. The lowest BCUT2D eigenvalue weighted by Crippen LogP contribution is -2.40. The Hall–Kier alpha value is -0.310. The summed E-state index contributed by atoms with van der Waals surface area (Å²) >= 11 is 0. The number of rotatable bonds is 12.